The smallest absolute Gasteiger partial charge is 0.254 e. The molecule has 1 aromatic rings. The van der Waals surface area contributed by atoms with Gasteiger partial charge in [0.2, 0.25) is 0 Å². The van der Waals surface area contributed by atoms with Crippen LogP contribution in [0.2, 0.25) is 18.1 Å². The molecular formula is C18H30N4O2Si. The molecule has 0 aliphatic heterocycles. The molecule has 1 heterocycles. The maximum atomic E-state index is 12.6. The van der Waals surface area contributed by atoms with E-state index in [2.05, 4.69) is 43.9 Å². The zero-order valence-electron chi connectivity index (χ0n) is 16.0. The van der Waals surface area contributed by atoms with Gasteiger partial charge in [-0.3, -0.25) is 4.79 Å². The second-order valence-corrected chi connectivity index (χ2v) is 13.2. The van der Waals surface area contributed by atoms with Crippen molar-refractivity contribution in [1.82, 2.24) is 4.57 Å². The largest absolute Gasteiger partial charge is 0.414 e. The Bertz CT molecular complexity index is 694. The number of pyridine rings is 1. The molecular weight excluding hydrogens is 332 g/mol. The molecule has 0 unspecified atom stereocenters. The fraction of sp³-hybridized carbons (Fsp3) is 0.722. The lowest BCUT2D eigenvalue weighted by Crippen LogP contribution is -2.45. The minimum absolute atomic E-state index is 0.0383. The molecule has 138 valence electrons. The minimum atomic E-state index is -1.74. The second kappa shape index (κ2) is 7.77. The molecule has 6 nitrogen and oxygen atoms in total. The van der Waals surface area contributed by atoms with Crippen LogP contribution in [0.5, 0.6) is 0 Å². The molecule has 0 saturated heterocycles. The van der Waals surface area contributed by atoms with E-state index in [0.29, 0.717) is 11.7 Å². The summed E-state index contributed by atoms with van der Waals surface area (Å²) in [6.07, 6.45) is 6.03. The van der Waals surface area contributed by atoms with Crippen LogP contribution in [-0.4, -0.2) is 19.0 Å². The topological polar surface area (TPSA) is 80.0 Å². The van der Waals surface area contributed by atoms with Gasteiger partial charge in [-0.1, -0.05) is 32.0 Å². The van der Waals surface area contributed by atoms with Gasteiger partial charge in [0.15, 0.2) is 8.32 Å². The van der Waals surface area contributed by atoms with E-state index in [1.807, 2.05) is 16.8 Å². The van der Waals surface area contributed by atoms with Crippen molar-refractivity contribution < 1.29 is 4.43 Å². The van der Waals surface area contributed by atoms with Crippen molar-refractivity contribution in [3.63, 3.8) is 0 Å². The number of rotatable bonds is 5. The van der Waals surface area contributed by atoms with Crippen LogP contribution in [0.25, 0.3) is 10.4 Å². The fourth-order valence-corrected chi connectivity index (χ4v) is 4.53. The van der Waals surface area contributed by atoms with Crippen molar-refractivity contribution >= 4 is 8.32 Å². The van der Waals surface area contributed by atoms with Crippen molar-refractivity contribution in [2.45, 2.75) is 83.3 Å². The van der Waals surface area contributed by atoms with E-state index < -0.39 is 8.32 Å². The van der Waals surface area contributed by atoms with E-state index >= 15 is 0 Å². The van der Waals surface area contributed by atoms with Gasteiger partial charge in [-0.05, 0) is 55.4 Å². The van der Waals surface area contributed by atoms with Crippen molar-refractivity contribution in [1.29, 1.82) is 0 Å². The fourth-order valence-electron chi connectivity index (χ4n) is 3.11. The van der Waals surface area contributed by atoms with Crippen molar-refractivity contribution in [3.8, 4) is 0 Å². The molecule has 1 aliphatic carbocycles. The summed E-state index contributed by atoms with van der Waals surface area (Å²) in [5.74, 6) is 0. The van der Waals surface area contributed by atoms with Gasteiger partial charge in [-0.2, -0.15) is 0 Å². The minimum Gasteiger partial charge on any atom is -0.414 e. The molecule has 0 amide bonds. The third-order valence-corrected chi connectivity index (χ3v) is 10.2. The molecule has 0 bridgehead atoms. The number of nitrogens with zero attached hydrogens (tertiary/aromatic N) is 4. The Morgan fingerprint density at radius 2 is 1.96 bits per heavy atom. The summed E-state index contributed by atoms with van der Waals surface area (Å²) in [7, 11) is -1.74. The summed E-state index contributed by atoms with van der Waals surface area (Å²) in [4.78, 5) is 15.3. The maximum absolute atomic E-state index is 12.6. The molecule has 1 fully saturated rings. The summed E-state index contributed by atoms with van der Waals surface area (Å²) in [5.41, 5.74) is 8.97. The van der Waals surface area contributed by atoms with Gasteiger partial charge in [-0.15, -0.1) is 0 Å². The van der Waals surface area contributed by atoms with Crippen LogP contribution in [-0.2, 0) is 11.0 Å². The highest BCUT2D eigenvalue weighted by Crippen LogP contribution is 2.40. The summed E-state index contributed by atoms with van der Waals surface area (Å²) in [6.45, 7) is 11.5. The highest BCUT2D eigenvalue weighted by atomic mass is 28.4. The lowest BCUT2D eigenvalue weighted by Gasteiger charge is -2.41. The van der Waals surface area contributed by atoms with Crippen molar-refractivity contribution in [2.24, 2.45) is 5.11 Å². The summed E-state index contributed by atoms with van der Waals surface area (Å²) in [5, 5.41) is 3.73. The van der Waals surface area contributed by atoms with E-state index in [1.165, 1.54) is 0 Å². The Morgan fingerprint density at radius 3 is 2.52 bits per heavy atom. The van der Waals surface area contributed by atoms with Crippen molar-refractivity contribution in [2.75, 3.05) is 0 Å². The van der Waals surface area contributed by atoms with Crippen LogP contribution in [0.3, 0.4) is 0 Å². The van der Waals surface area contributed by atoms with Crippen LogP contribution in [0, 0.1) is 0 Å². The summed E-state index contributed by atoms with van der Waals surface area (Å²) < 4.78 is 8.34. The maximum Gasteiger partial charge on any atom is 0.254 e. The van der Waals surface area contributed by atoms with Gasteiger partial charge in [0.05, 0.1) is 6.54 Å². The SMILES string of the molecule is CC(C)(C)[Si](C)(C)OC1CCC(n2cccc(CN=[N+]=[N-])c2=O)CC1. The molecule has 25 heavy (non-hydrogen) atoms. The summed E-state index contributed by atoms with van der Waals surface area (Å²) in [6, 6.07) is 3.81. The Morgan fingerprint density at radius 1 is 1.32 bits per heavy atom. The number of azide groups is 1. The second-order valence-electron chi connectivity index (χ2n) is 8.44. The molecule has 1 aromatic heterocycles. The third kappa shape index (κ3) is 4.75. The van der Waals surface area contributed by atoms with Crippen LogP contribution in [0.15, 0.2) is 28.2 Å². The van der Waals surface area contributed by atoms with Gasteiger partial charge in [0.25, 0.3) is 5.56 Å². The van der Waals surface area contributed by atoms with Gasteiger partial charge in [0.1, 0.15) is 0 Å². The van der Waals surface area contributed by atoms with E-state index in [4.69, 9.17) is 9.96 Å². The Balaban J connectivity index is 2.03. The van der Waals surface area contributed by atoms with Gasteiger partial charge in [-0.25, -0.2) is 0 Å². The average Bonchev–Trinajstić information content (AvgIpc) is 2.53. The molecule has 0 atom stereocenters. The first kappa shape index (κ1) is 19.8. The van der Waals surface area contributed by atoms with Crippen molar-refractivity contribution in [3.05, 3.63) is 44.7 Å². The Kier molecular flexibility index (Phi) is 6.14. The van der Waals surface area contributed by atoms with E-state index in [1.54, 1.807) is 6.07 Å². The lowest BCUT2D eigenvalue weighted by molar-refractivity contribution is 0.117. The number of aromatic nitrogens is 1. The lowest BCUT2D eigenvalue weighted by atomic mass is 9.93. The average molecular weight is 363 g/mol. The quantitative estimate of drug-likeness (QED) is 0.313. The van der Waals surface area contributed by atoms with Gasteiger partial charge >= 0.3 is 0 Å². The monoisotopic (exact) mass is 362 g/mol. The Labute approximate surface area is 151 Å². The Hall–Kier alpha value is -1.56. The summed E-state index contributed by atoms with van der Waals surface area (Å²) >= 11 is 0. The standard InChI is InChI=1S/C18H30N4O2Si/c1-18(2,3)25(4,5)24-16-10-8-15(9-11-16)22-12-6-7-14(17(22)23)13-20-21-19/h6-7,12,15-16H,8-11,13H2,1-5H3. The van der Waals surface area contributed by atoms with E-state index in [-0.39, 0.29) is 23.2 Å². The van der Waals surface area contributed by atoms with Gasteiger partial charge < -0.3 is 8.99 Å². The third-order valence-electron chi connectivity index (χ3n) is 5.66. The number of hydrogen-bond donors (Lipinski definition) is 0. The van der Waals surface area contributed by atoms with Gasteiger partial charge in [0, 0.05) is 28.8 Å². The first-order valence-corrected chi connectivity index (χ1v) is 12.0. The molecule has 2 rings (SSSR count). The molecule has 1 saturated carbocycles. The normalized spacial score (nSPS) is 21.6. The van der Waals surface area contributed by atoms with Crippen LogP contribution in [0.4, 0.5) is 0 Å². The highest BCUT2D eigenvalue weighted by molar-refractivity contribution is 6.74. The molecule has 0 N–H and O–H groups in total. The zero-order valence-corrected chi connectivity index (χ0v) is 17.0. The van der Waals surface area contributed by atoms with Crippen LogP contribution < -0.4 is 5.56 Å². The van der Waals surface area contributed by atoms with E-state index in [9.17, 15) is 4.79 Å². The van der Waals surface area contributed by atoms with Crippen LogP contribution in [0.1, 0.15) is 58.1 Å². The predicted octanol–water partition coefficient (Wildman–Crippen LogP) is 5.16. The molecule has 0 radical (unpaired) electrons. The van der Waals surface area contributed by atoms with E-state index in [0.717, 1.165) is 25.7 Å². The zero-order chi connectivity index (χ0) is 18.7. The number of hydrogen-bond acceptors (Lipinski definition) is 3. The first-order chi connectivity index (χ1) is 11.7. The first-order valence-electron chi connectivity index (χ1n) is 9.04. The van der Waals surface area contributed by atoms with Crippen LogP contribution >= 0.6 is 0 Å². The molecule has 0 aromatic carbocycles. The predicted molar refractivity (Wildman–Crippen MR) is 103 cm³/mol. The molecule has 0 spiro atoms. The molecule has 7 heteroatoms. The highest BCUT2D eigenvalue weighted by Gasteiger charge is 2.39. The molecule has 1 aliphatic rings.